The summed E-state index contributed by atoms with van der Waals surface area (Å²) in [5.74, 6) is 1.64. The molecule has 0 spiro atoms. The quantitative estimate of drug-likeness (QED) is 0.275. The van der Waals surface area contributed by atoms with Gasteiger partial charge in [0.1, 0.15) is 17.2 Å². The molecular formula is C31H30O3. The minimum Gasteiger partial charge on any atom is -0.508 e. The fraction of sp³-hybridized carbons (Fsp3) is 0.194. The lowest BCUT2D eigenvalue weighted by molar-refractivity contribution is 0.103. The molecule has 3 nitrogen and oxygen atoms in total. The first-order valence-electron chi connectivity index (χ1n) is 11.7. The highest BCUT2D eigenvalue weighted by molar-refractivity contribution is 6.09. The molecule has 0 aliphatic carbocycles. The summed E-state index contributed by atoms with van der Waals surface area (Å²) in [5, 5.41) is 9.45. The van der Waals surface area contributed by atoms with Gasteiger partial charge in [-0.2, -0.15) is 0 Å². The number of carbonyl (C=O) groups excluding carboxylic acids is 1. The fourth-order valence-corrected chi connectivity index (χ4v) is 4.03. The number of hydrogen-bond donors (Lipinski definition) is 1. The number of phenols is 1. The molecule has 0 fully saturated rings. The van der Waals surface area contributed by atoms with Crippen molar-refractivity contribution >= 4 is 5.78 Å². The van der Waals surface area contributed by atoms with Crippen LogP contribution in [0.25, 0.3) is 11.1 Å². The van der Waals surface area contributed by atoms with Gasteiger partial charge < -0.3 is 9.84 Å². The largest absolute Gasteiger partial charge is 0.508 e. The van der Waals surface area contributed by atoms with Crippen molar-refractivity contribution in [2.45, 2.75) is 39.0 Å². The Hall–Kier alpha value is -3.85. The molecule has 4 rings (SSSR count). The van der Waals surface area contributed by atoms with E-state index < -0.39 is 0 Å². The van der Waals surface area contributed by atoms with Gasteiger partial charge in [-0.25, -0.2) is 0 Å². The molecule has 4 aromatic rings. The second-order valence-corrected chi connectivity index (χ2v) is 8.87. The molecule has 0 atom stereocenters. The molecule has 0 saturated heterocycles. The van der Waals surface area contributed by atoms with Crippen molar-refractivity contribution in [2.24, 2.45) is 0 Å². The van der Waals surface area contributed by atoms with Crippen molar-refractivity contribution in [3.05, 3.63) is 114 Å². The number of carbonyl (C=O) groups is 1. The van der Waals surface area contributed by atoms with Gasteiger partial charge in [-0.05, 0) is 83.5 Å². The van der Waals surface area contributed by atoms with Gasteiger partial charge in [0, 0.05) is 11.1 Å². The summed E-state index contributed by atoms with van der Waals surface area (Å²) in [6.45, 7) is 6.68. The van der Waals surface area contributed by atoms with Crippen molar-refractivity contribution in [1.82, 2.24) is 0 Å². The molecule has 0 bridgehead atoms. The summed E-state index contributed by atoms with van der Waals surface area (Å²) in [4.78, 5) is 13.0. The normalized spacial score (nSPS) is 11.3. The zero-order valence-electron chi connectivity index (χ0n) is 19.9. The Morgan fingerprint density at radius 2 is 1.09 bits per heavy atom. The lowest BCUT2D eigenvalue weighted by Gasteiger charge is -2.27. The van der Waals surface area contributed by atoms with E-state index in [1.54, 1.807) is 24.3 Å². The Morgan fingerprint density at radius 3 is 1.56 bits per heavy atom. The summed E-state index contributed by atoms with van der Waals surface area (Å²) in [6, 6.07) is 30.1. The van der Waals surface area contributed by atoms with Crippen LogP contribution in [0.1, 0.15) is 55.1 Å². The van der Waals surface area contributed by atoms with Crippen LogP contribution in [0, 0.1) is 0 Å². The summed E-state index contributed by atoms with van der Waals surface area (Å²) < 4.78 is 5.96. The monoisotopic (exact) mass is 450 g/mol. The van der Waals surface area contributed by atoms with Gasteiger partial charge in [-0.1, -0.05) is 69.3 Å². The molecule has 0 heterocycles. The third kappa shape index (κ3) is 5.04. The van der Waals surface area contributed by atoms with Gasteiger partial charge in [0.05, 0.1) is 0 Å². The van der Waals surface area contributed by atoms with E-state index in [9.17, 15) is 9.90 Å². The van der Waals surface area contributed by atoms with Gasteiger partial charge in [0.25, 0.3) is 0 Å². The topological polar surface area (TPSA) is 46.5 Å². The molecule has 0 unspecified atom stereocenters. The number of phenolic OH excluding ortho intramolecular Hbond substituents is 1. The van der Waals surface area contributed by atoms with Crippen molar-refractivity contribution in [2.75, 3.05) is 0 Å². The Labute approximate surface area is 201 Å². The fourth-order valence-electron chi connectivity index (χ4n) is 4.03. The maximum absolute atomic E-state index is 13.0. The maximum Gasteiger partial charge on any atom is 0.193 e. The highest BCUT2D eigenvalue weighted by atomic mass is 16.5. The van der Waals surface area contributed by atoms with Gasteiger partial charge in [-0.3, -0.25) is 4.79 Å². The van der Waals surface area contributed by atoms with E-state index in [0.717, 1.165) is 24.0 Å². The number of benzene rings is 4. The summed E-state index contributed by atoms with van der Waals surface area (Å²) in [5.41, 5.74) is 4.80. The van der Waals surface area contributed by atoms with Crippen molar-refractivity contribution in [1.29, 1.82) is 0 Å². The van der Waals surface area contributed by atoms with E-state index in [1.807, 2.05) is 60.7 Å². The number of rotatable bonds is 8. The first-order chi connectivity index (χ1) is 16.4. The zero-order valence-corrected chi connectivity index (χ0v) is 19.9. The molecule has 0 radical (unpaired) electrons. The van der Waals surface area contributed by atoms with Crippen LogP contribution in [0.15, 0.2) is 97.1 Å². The van der Waals surface area contributed by atoms with E-state index in [-0.39, 0.29) is 16.9 Å². The van der Waals surface area contributed by atoms with Crippen molar-refractivity contribution in [3.63, 3.8) is 0 Å². The average molecular weight is 451 g/mol. The van der Waals surface area contributed by atoms with Crippen LogP contribution in [0.5, 0.6) is 17.2 Å². The first-order valence-corrected chi connectivity index (χ1v) is 11.7. The number of hydrogen-bond acceptors (Lipinski definition) is 3. The molecule has 0 aliphatic rings. The van der Waals surface area contributed by atoms with Crippen molar-refractivity contribution < 1.29 is 14.6 Å². The van der Waals surface area contributed by atoms with Gasteiger partial charge in [0.2, 0.25) is 0 Å². The van der Waals surface area contributed by atoms with E-state index in [1.165, 1.54) is 5.56 Å². The standard InChI is InChI=1S/C31H30O3/c1-4-31(3,5-2)26-14-6-24(7-15-26)30(33)25-12-20-29(21-13-25)34-28-18-10-23(11-19-28)22-8-16-27(32)17-9-22/h6-21,32H,4-5H2,1-3H3. The molecular weight excluding hydrogens is 420 g/mol. The number of aromatic hydroxyl groups is 1. The lowest BCUT2D eigenvalue weighted by Crippen LogP contribution is -2.19. The molecule has 0 amide bonds. The molecule has 0 saturated carbocycles. The maximum atomic E-state index is 13.0. The highest BCUT2D eigenvalue weighted by Crippen LogP contribution is 2.31. The Bertz CT molecular complexity index is 1230. The molecule has 3 heteroatoms. The van der Waals surface area contributed by atoms with Crippen LogP contribution in [0.2, 0.25) is 0 Å². The van der Waals surface area contributed by atoms with E-state index in [4.69, 9.17) is 4.74 Å². The highest BCUT2D eigenvalue weighted by Gasteiger charge is 2.22. The third-order valence-electron chi connectivity index (χ3n) is 6.81. The zero-order chi connectivity index (χ0) is 24.1. The number of ketones is 1. The average Bonchev–Trinajstić information content (AvgIpc) is 2.89. The molecule has 1 N–H and O–H groups in total. The second-order valence-electron chi connectivity index (χ2n) is 8.87. The van der Waals surface area contributed by atoms with Crippen LogP contribution in [-0.2, 0) is 5.41 Å². The number of ether oxygens (including phenoxy) is 1. The molecule has 0 aliphatic heterocycles. The summed E-state index contributed by atoms with van der Waals surface area (Å²) >= 11 is 0. The van der Waals surface area contributed by atoms with Gasteiger partial charge >= 0.3 is 0 Å². The van der Waals surface area contributed by atoms with E-state index in [2.05, 4.69) is 32.9 Å². The molecule has 4 aromatic carbocycles. The van der Waals surface area contributed by atoms with E-state index in [0.29, 0.717) is 22.6 Å². The molecule has 0 aromatic heterocycles. The van der Waals surface area contributed by atoms with E-state index >= 15 is 0 Å². The van der Waals surface area contributed by atoms with Crippen LogP contribution in [0.4, 0.5) is 0 Å². The van der Waals surface area contributed by atoms with Gasteiger partial charge in [0.15, 0.2) is 5.78 Å². The second kappa shape index (κ2) is 9.96. The minimum absolute atomic E-state index is 0.00560. The predicted octanol–water partition coefficient (Wildman–Crippen LogP) is 8.16. The SMILES string of the molecule is CCC(C)(CC)c1ccc(C(=O)c2ccc(Oc3ccc(-c4ccc(O)cc4)cc3)cc2)cc1. The summed E-state index contributed by atoms with van der Waals surface area (Å²) in [7, 11) is 0. The Balaban J connectivity index is 1.43. The van der Waals surface area contributed by atoms with Crippen LogP contribution >= 0.6 is 0 Å². The van der Waals surface area contributed by atoms with Crippen LogP contribution in [0.3, 0.4) is 0 Å². The molecule has 34 heavy (non-hydrogen) atoms. The smallest absolute Gasteiger partial charge is 0.193 e. The Morgan fingerprint density at radius 1 is 0.676 bits per heavy atom. The molecule has 172 valence electrons. The Kier molecular flexibility index (Phi) is 6.83. The first kappa shape index (κ1) is 23.3. The van der Waals surface area contributed by atoms with Crippen LogP contribution < -0.4 is 4.74 Å². The lowest BCUT2D eigenvalue weighted by atomic mass is 9.77. The summed E-state index contributed by atoms with van der Waals surface area (Å²) in [6.07, 6.45) is 2.13. The van der Waals surface area contributed by atoms with Crippen molar-refractivity contribution in [3.8, 4) is 28.4 Å². The minimum atomic E-state index is 0.00560. The third-order valence-corrected chi connectivity index (χ3v) is 6.81. The van der Waals surface area contributed by atoms with Gasteiger partial charge in [-0.15, -0.1) is 0 Å². The predicted molar refractivity (Wildman–Crippen MR) is 138 cm³/mol. The van der Waals surface area contributed by atoms with Crippen LogP contribution in [-0.4, -0.2) is 10.9 Å².